The lowest BCUT2D eigenvalue weighted by Crippen LogP contribution is -2.36. The van der Waals surface area contributed by atoms with Gasteiger partial charge in [0.25, 0.3) is 0 Å². The van der Waals surface area contributed by atoms with Crippen molar-refractivity contribution >= 4 is 0 Å². The number of hydrogen-bond acceptors (Lipinski definition) is 2. The first-order valence-electron chi connectivity index (χ1n) is 6.25. The summed E-state index contributed by atoms with van der Waals surface area (Å²) in [5, 5.41) is 12.8. The van der Waals surface area contributed by atoms with E-state index in [-0.39, 0.29) is 0 Å². The Hall–Kier alpha value is -0.0800. The third kappa shape index (κ3) is 3.25. The molecule has 0 heterocycles. The Kier molecular flexibility index (Phi) is 3.82. The van der Waals surface area contributed by atoms with Crippen LogP contribution in [0.1, 0.15) is 51.4 Å². The molecule has 1 atom stereocenters. The molecule has 0 radical (unpaired) electrons. The molecule has 2 heteroatoms. The van der Waals surface area contributed by atoms with Crippen LogP contribution in [-0.2, 0) is 0 Å². The van der Waals surface area contributed by atoms with Gasteiger partial charge in [-0.25, -0.2) is 0 Å². The van der Waals surface area contributed by atoms with Crippen LogP contribution in [0.5, 0.6) is 0 Å². The molecule has 14 heavy (non-hydrogen) atoms. The molecule has 2 saturated carbocycles. The molecule has 0 aromatic rings. The van der Waals surface area contributed by atoms with Gasteiger partial charge >= 0.3 is 0 Å². The Morgan fingerprint density at radius 1 is 1.07 bits per heavy atom. The number of nitrogens with one attached hydrogen (secondary N) is 1. The lowest BCUT2D eigenvalue weighted by Gasteiger charge is -2.26. The van der Waals surface area contributed by atoms with Crippen LogP contribution < -0.4 is 5.32 Å². The minimum atomic E-state index is 0.326. The summed E-state index contributed by atoms with van der Waals surface area (Å²) in [6, 6.07) is 1.11. The highest BCUT2D eigenvalue weighted by Crippen LogP contribution is 2.28. The smallest absolute Gasteiger partial charge is 0.0584 e. The topological polar surface area (TPSA) is 32.3 Å². The van der Waals surface area contributed by atoms with Gasteiger partial charge < -0.3 is 10.4 Å². The largest absolute Gasteiger partial charge is 0.395 e. The van der Waals surface area contributed by atoms with E-state index in [4.69, 9.17) is 0 Å². The normalized spacial score (nSPS) is 26.4. The van der Waals surface area contributed by atoms with E-state index in [2.05, 4.69) is 5.32 Å². The minimum absolute atomic E-state index is 0.326. The summed E-state index contributed by atoms with van der Waals surface area (Å²) < 4.78 is 0. The van der Waals surface area contributed by atoms with Crippen LogP contribution in [0, 0.1) is 5.92 Å². The van der Waals surface area contributed by atoms with Gasteiger partial charge in [0.1, 0.15) is 0 Å². The lowest BCUT2D eigenvalue weighted by atomic mass is 9.85. The molecular weight excluding hydrogens is 174 g/mol. The Morgan fingerprint density at radius 2 is 1.79 bits per heavy atom. The van der Waals surface area contributed by atoms with Crippen molar-refractivity contribution in [1.82, 2.24) is 5.32 Å². The number of aliphatic hydroxyl groups is 1. The molecule has 2 aliphatic rings. The quantitative estimate of drug-likeness (QED) is 0.707. The second-order valence-corrected chi connectivity index (χ2v) is 5.06. The molecule has 2 N–H and O–H groups in total. The van der Waals surface area contributed by atoms with Crippen molar-refractivity contribution < 1.29 is 5.11 Å². The van der Waals surface area contributed by atoms with Crippen molar-refractivity contribution in [3.63, 3.8) is 0 Å². The molecule has 0 saturated heterocycles. The zero-order valence-corrected chi connectivity index (χ0v) is 9.04. The summed E-state index contributed by atoms with van der Waals surface area (Å²) in [6.45, 7) is 0.326. The first-order valence-corrected chi connectivity index (χ1v) is 6.25. The molecule has 0 amide bonds. The highest BCUT2D eigenvalue weighted by Gasteiger charge is 2.26. The predicted molar refractivity (Wildman–Crippen MR) is 58.2 cm³/mol. The summed E-state index contributed by atoms with van der Waals surface area (Å²) in [5.41, 5.74) is 0. The van der Waals surface area contributed by atoms with E-state index < -0.39 is 0 Å². The van der Waals surface area contributed by atoms with Crippen molar-refractivity contribution in [3.05, 3.63) is 0 Å². The molecular formula is C12H23NO. The second-order valence-electron chi connectivity index (χ2n) is 5.06. The zero-order valence-electron chi connectivity index (χ0n) is 9.04. The minimum Gasteiger partial charge on any atom is -0.395 e. The fourth-order valence-electron chi connectivity index (χ4n) is 2.60. The maximum Gasteiger partial charge on any atom is 0.0584 e. The van der Waals surface area contributed by atoms with E-state index in [0.29, 0.717) is 12.6 Å². The third-order valence-electron chi connectivity index (χ3n) is 3.61. The third-order valence-corrected chi connectivity index (χ3v) is 3.61. The molecule has 1 unspecified atom stereocenters. The highest BCUT2D eigenvalue weighted by molar-refractivity contribution is 4.85. The first-order chi connectivity index (χ1) is 6.88. The summed E-state index contributed by atoms with van der Waals surface area (Å²) in [4.78, 5) is 0. The molecule has 0 bridgehead atoms. The van der Waals surface area contributed by atoms with Gasteiger partial charge in [0.05, 0.1) is 6.61 Å². The number of aliphatic hydroxyl groups excluding tert-OH is 1. The second kappa shape index (κ2) is 5.13. The van der Waals surface area contributed by atoms with Crippen molar-refractivity contribution in [3.8, 4) is 0 Å². The van der Waals surface area contributed by atoms with E-state index in [0.717, 1.165) is 12.0 Å². The fraction of sp³-hybridized carbons (Fsp3) is 1.00. The van der Waals surface area contributed by atoms with Gasteiger partial charge in [-0.15, -0.1) is 0 Å². The van der Waals surface area contributed by atoms with Gasteiger partial charge in [-0.05, 0) is 25.2 Å². The van der Waals surface area contributed by atoms with Crippen molar-refractivity contribution in [2.24, 2.45) is 5.92 Å². The zero-order chi connectivity index (χ0) is 9.80. The molecule has 2 aliphatic carbocycles. The molecule has 0 spiro atoms. The first kappa shape index (κ1) is 10.4. The summed E-state index contributed by atoms with van der Waals surface area (Å²) in [6.07, 6.45) is 10.9. The summed E-state index contributed by atoms with van der Waals surface area (Å²) in [5.74, 6) is 0.882. The molecule has 0 aliphatic heterocycles. The standard InChI is InChI=1S/C12H23NO/c14-9-12(13-11-6-7-11)8-10-4-2-1-3-5-10/h10-14H,1-9H2. The Balaban J connectivity index is 1.68. The van der Waals surface area contributed by atoms with Gasteiger partial charge in [-0.3, -0.25) is 0 Å². The van der Waals surface area contributed by atoms with Crippen molar-refractivity contribution in [2.45, 2.75) is 63.5 Å². The molecule has 2 fully saturated rings. The number of rotatable bonds is 5. The SMILES string of the molecule is OCC(CC1CCCCC1)NC1CC1. The predicted octanol–water partition coefficient (Wildman–Crippen LogP) is 2.07. The average Bonchev–Trinajstić information content (AvgIpc) is 3.02. The van der Waals surface area contributed by atoms with E-state index in [1.807, 2.05) is 0 Å². The Labute approximate surface area is 87.1 Å². The molecule has 0 aromatic carbocycles. The summed E-state index contributed by atoms with van der Waals surface area (Å²) >= 11 is 0. The monoisotopic (exact) mass is 197 g/mol. The van der Waals surface area contributed by atoms with Crippen molar-refractivity contribution in [2.75, 3.05) is 6.61 Å². The average molecular weight is 197 g/mol. The van der Waals surface area contributed by atoms with Crippen molar-refractivity contribution in [1.29, 1.82) is 0 Å². The van der Waals surface area contributed by atoms with Gasteiger partial charge in [0, 0.05) is 12.1 Å². The van der Waals surface area contributed by atoms with Gasteiger partial charge in [-0.2, -0.15) is 0 Å². The Bertz CT molecular complexity index is 162. The van der Waals surface area contributed by atoms with E-state index in [9.17, 15) is 5.11 Å². The van der Waals surface area contributed by atoms with E-state index in [1.165, 1.54) is 51.4 Å². The molecule has 2 rings (SSSR count). The van der Waals surface area contributed by atoms with Crippen LogP contribution >= 0.6 is 0 Å². The van der Waals surface area contributed by atoms with Gasteiger partial charge in [-0.1, -0.05) is 32.1 Å². The van der Waals surface area contributed by atoms with Crippen LogP contribution in [0.3, 0.4) is 0 Å². The highest BCUT2D eigenvalue weighted by atomic mass is 16.3. The number of hydrogen-bond donors (Lipinski definition) is 2. The Morgan fingerprint density at radius 3 is 2.36 bits per heavy atom. The van der Waals surface area contributed by atoms with Crippen LogP contribution in [0.4, 0.5) is 0 Å². The molecule has 0 aromatic heterocycles. The van der Waals surface area contributed by atoms with Crippen LogP contribution in [0.25, 0.3) is 0 Å². The van der Waals surface area contributed by atoms with Crippen LogP contribution in [-0.4, -0.2) is 23.8 Å². The summed E-state index contributed by atoms with van der Waals surface area (Å²) in [7, 11) is 0. The molecule has 2 nitrogen and oxygen atoms in total. The van der Waals surface area contributed by atoms with Crippen LogP contribution in [0.2, 0.25) is 0 Å². The van der Waals surface area contributed by atoms with Gasteiger partial charge in [0.15, 0.2) is 0 Å². The van der Waals surface area contributed by atoms with E-state index >= 15 is 0 Å². The molecule has 82 valence electrons. The van der Waals surface area contributed by atoms with Crippen LogP contribution in [0.15, 0.2) is 0 Å². The fourth-order valence-corrected chi connectivity index (χ4v) is 2.60. The van der Waals surface area contributed by atoms with Gasteiger partial charge in [0.2, 0.25) is 0 Å². The lowest BCUT2D eigenvalue weighted by molar-refractivity contribution is 0.203. The maximum absolute atomic E-state index is 9.27. The maximum atomic E-state index is 9.27. The van der Waals surface area contributed by atoms with E-state index in [1.54, 1.807) is 0 Å².